The first-order chi connectivity index (χ1) is 15.6. The molecule has 172 valence electrons. The third-order valence-corrected chi connectivity index (χ3v) is 6.08. The maximum atomic E-state index is 12.6. The molecule has 0 aliphatic carbocycles. The molecule has 11 heteroatoms. The molecular formula is C22H21N3O7S. The number of nitro benzene ring substituents is 1. The van der Waals surface area contributed by atoms with Gasteiger partial charge >= 0.3 is 0 Å². The standard InChI is InChI=1S/C22H21N3O7S/c1-14-4-9-20(13-21(14)25(27)28)33(29,30)24-16-7-5-15(6-8-16)22(26)23-17-10-18(31-2)12-19(11-17)32-3/h4-13,24H,1-3H3,(H,23,26). The summed E-state index contributed by atoms with van der Waals surface area (Å²) in [5.74, 6) is 0.588. The topological polar surface area (TPSA) is 137 Å². The smallest absolute Gasteiger partial charge is 0.273 e. The van der Waals surface area contributed by atoms with Gasteiger partial charge in [-0.05, 0) is 37.3 Å². The fourth-order valence-electron chi connectivity index (χ4n) is 2.94. The molecule has 1 amide bonds. The third-order valence-electron chi connectivity index (χ3n) is 4.70. The lowest BCUT2D eigenvalue weighted by atomic mass is 10.2. The second-order valence-electron chi connectivity index (χ2n) is 6.94. The first-order valence-electron chi connectivity index (χ1n) is 9.55. The lowest BCUT2D eigenvalue weighted by molar-refractivity contribution is -0.385. The highest BCUT2D eigenvalue weighted by Gasteiger charge is 2.20. The van der Waals surface area contributed by atoms with Gasteiger partial charge in [-0.25, -0.2) is 8.42 Å². The van der Waals surface area contributed by atoms with Crippen molar-refractivity contribution >= 4 is 33.0 Å². The van der Waals surface area contributed by atoms with Crippen molar-refractivity contribution in [3.8, 4) is 11.5 Å². The van der Waals surface area contributed by atoms with E-state index in [1.807, 2.05) is 0 Å². The van der Waals surface area contributed by atoms with Crippen LogP contribution in [0.4, 0.5) is 17.1 Å². The van der Waals surface area contributed by atoms with Crippen molar-refractivity contribution in [2.24, 2.45) is 0 Å². The SMILES string of the molecule is COc1cc(NC(=O)c2ccc(NS(=O)(=O)c3ccc(C)c([N+](=O)[O-])c3)cc2)cc(OC)c1. The molecule has 0 saturated heterocycles. The molecule has 0 bridgehead atoms. The second-order valence-corrected chi connectivity index (χ2v) is 8.63. The number of rotatable bonds is 8. The van der Waals surface area contributed by atoms with E-state index in [0.29, 0.717) is 22.7 Å². The first kappa shape index (κ1) is 23.5. The van der Waals surface area contributed by atoms with E-state index in [0.717, 1.165) is 6.07 Å². The lowest BCUT2D eigenvalue weighted by Crippen LogP contribution is -2.14. The van der Waals surface area contributed by atoms with Crippen LogP contribution < -0.4 is 19.5 Å². The Balaban J connectivity index is 1.76. The number of carbonyl (C=O) groups is 1. The minimum atomic E-state index is -4.07. The number of carbonyl (C=O) groups excluding carboxylic acids is 1. The number of aryl methyl sites for hydroxylation is 1. The van der Waals surface area contributed by atoms with Crippen LogP contribution in [0.3, 0.4) is 0 Å². The number of ether oxygens (including phenoxy) is 2. The molecule has 10 nitrogen and oxygen atoms in total. The average molecular weight is 471 g/mol. The Morgan fingerprint density at radius 1 is 0.909 bits per heavy atom. The van der Waals surface area contributed by atoms with Gasteiger partial charge in [0.2, 0.25) is 0 Å². The molecule has 0 saturated carbocycles. The van der Waals surface area contributed by atoms with Gasteiger partial charge in [-0.1, -0.05) is 6.07 Å². The number of methoxy groups -OCH3 is 2. The number of sulfonamides is 1. The highest BCUT2D eigenvalue weighted by molar-refractivity contribution is 7.92. The fourth-order valence-corrected chi connectivity index (χ4v) is 4.02. The summed E-state index contributed by atoms with van der Waals surface area (Å²) in [4.78, 5) is 22.8. The van der Waals surface area contributed by atoms with Crippen LogP contribution in [0.1, 0.15) is 15.9 Å². The zero-order valence-electron chi connectivity index (χ0n) is 18.0. The molecule has 0 unspecified atom stereocenters. The van der Waals surface area contributed by atoms with Gasteiger partial charge in [-0.2, -0.15) is 0 Å². The highest BCUT2D eigenvalue weighted by atomic mass is 32.2. The van der Waals surface area contributed by atoms with Gasteiger partial charge in [0.25, 0.3) is 21.6 Å². The normalized spacial score (nSPS) is 10.9. The van der Waals surface area contributed by atoms with Crippen molar-refractivity contribution in [1.82, 2.24) is 0 Å². The van der Waals surface area contributed by atoms with E-state index in [-0.39, 0.29) is 21.8 Å². The molecular weight excluding hydrogens is 450 g/mol. The first-order valence-corrected chi connectivity index (χ1v) is 11.0. The van der Waals surface area contributed by atoms with Crippen LogP contribution in [0.25, 0.3) is 0 Å². The Kier molecular flexibility index (Phi) is 6.83. The molecule has 3 rings (SSSR count). The van der Waals surface area contributed by atoms with Gasteiger partial charge < -0.3 is 14.8 Å². The van der Waals surface area contributed by atoms with Crippen molar-refractivity contribution in [2.45, 2.75) is 11.8 Å². The van der Waals surface area contributed by atoms with E-state index in [1.165, 1.54) is 57.5 Å². The monoisotopic (exact) mass is 471 g/mol. The Morgan fingerprint density at radius 3 is 2.06 bits per heavy atom. The Morgan fingerprint density at radius 2 is 1.52 bits per heavy atom. The number of anilines is 2. The van der Waals surface area contributed by atoms with Gasteiger partial charge in [0, 0.05) is 46.8 Å². The van der Waals surface area contributed by atoms with Gasteiger partial charge in [0.05, 0.1) is 24.0 Å². The van der Waals surface area contributed by atoms with Crippen molar-refractivity contribution < 1.29 is 27.6 Å². The molecule has 0 aliphatic heterocycles. The Hall–Kier alpha value is -4.12. The predicted octanol–water partition coefficient (Wildman–Crippen LogP) is 3.97. The molecule has 0 aliphatic rings. The van der Waals surface area contributed by atoms with Crippen LogP contribution in [0.2, 0.25) is 0 Å². The average Bonchev–Trinajstić information content (AvgIpc) is 2.78. The summed E-state index contributed by atoms with van der Waals surface area (Å²) < 4.78 is 38.0. The second kappa shape index (κ2) is 9.57. The maximum absolute atomic E-state index is 12.6. The summed E-state index contributed by atoms with van der Waals surface area (Å²) in [7, 11) is -1.08. The number of amides is 1. The summed E-state index contributed by atoms with van der Waals surface area (Å²) in [5, 5.41) is 13.8. The van der Waals surface area contributed by atoms with E-state index in [2.05, 4.69) is 10.0 Å². The van der Waals surface area contributed by atoms with Crippen LogP contribution in [-0.2, 0) is 10.0 Å². The number of nitro groups is 1. The van der Waals surface area contributed by atoms with Crippen molar-refractivity contribution in [3.05, 3.63) is 81.9 Å². The van der Waals surface area contributed by atoms with Gasteiger partial charge in [0.1, 0.15) is 11.5 Å². The summed E-state index contributed by atoms with van der Waals surface area (Å²) >= 11 is 0. The van der Waals surface area contributed by atoms with Crippen LogP contribution >= 0.6 is 0 Å². The summed E-state index contributed by atoms with van der Waals surface area (Å²) in [6.45, 7) is 1.52. The van der Waals surface area contributed by atoms with Crippen LogP contribution in [0.15, 0.2) is 65.6 Å². The van der Waals surface area contributed by atoms with Crippen LogP contribution in [-0.4, -0.2) is 33.5 Å². The third kappa shape index (κ3) is 5.57. The number of nitrogens with one attached hydrogen (secondary N) is 2. The largest absolute Gasteiger partial charge is 0.497 e. The maximum Gasteiger partial charge on any atom is 0.273 e. The van der Waals surface area contributed by atoms with Crippen molar-refractivity contribution in [3.63, 3.8) is 0 Å². The van der Waals surface area contributed by atoms with E-state index in [4.69, 9.17) is 9.47 Å². The zero-order valence-corrected chi connectivity index (χ0v) is 18.8. The van der Waals surface area contributed by atoms with E-state index < -0.39 is 20.9 Å². The number of hydrogen-bond donors (Lipinski definition) is 2. The Labute approximate surface area is 190 Å². The van der Waals surface area contributed by atoms with E-state index in [9.17, 15) is 23.3 Å². The molecule has 33 heavy (non-hydrogen) atoms. The quantitative estimate of drug-likeness (QED) is 0.374. The molecule has 3 aromatic carbocycles. The summed E-state index contributed by atoms with van der Waals surface area (Å²) in [5.41, 5.74) is 0.993. The molecule has 0 radical (unpaired) electrons. The minimum absolute atomic E-state index is 0.192. The number of benzene rings is 3. The van der Waals surface area contributed by atoms with Crippen LogP contribution in [0.5, 0.6) is 11.5 Å². The van der Waals surface area contributed by atoms with Crippen LogP contribution in [0, 0.1) is 17.0 Å². The molecule has 2 N–H and O–H groups in total. The van der Waals surface area contributed by atoms with Gasteiger partial charge in [-0.3, -0.25) is 19.6 Å². The van der Waals surface area contributed by atoms with Crippen molar-refractivity contribution in [2.75, 3.05) is 24.3 Å². The number of hydrogen-bond acceptors (Lipinski definition) is 7. The highest BCUT2D eigenvalue weighted by Crippen LogP contribution is 2.27. The molecule has 3 aromatic rings. The van der Waals surface area contributed by atoms with Gasteiger partial charge in [0.15, 0.2) is 0 Å². The number of nitrogens with zero attached hydrogens (tertiary/aromatic N) is 1. The molecule has 0 fully saturated rings. The van der Waals surface area contributed by atoms with E-state index >= 15 is 0 Å². The van der Waals surface area contributed by atoms with Crippen molar-refractivity contribution in [1.29, 1.82) is 0 Å². The fraction of sp³-hybridized carbons (Fsp3) is 0.136. The molecule has 0 atom stereocenters. The lowest BCUT2D eigenvalue weighted by Gasteiger charge is -2.11. The molecule has 0 heterocycles. The zero-order chi connectivity index (χ0) is 24.2. The summed E-state index contributed by atoms with van der Waals surface area (Å²) in [6.07, 6.45) is 0. The molecule has 0 spiro atoms. The predicted molar refractivity (Wildman–Crippen MR) is 123 cm³/mol. The van der Waals surface area contributed by atoms with E-state index in [1.54, 1.807) is 18.2 Å². The molecule has 0 aromatic heterocycles. The minimum Gasteiger partial charge on any atom is -0.497 e. The van der Waals surface area contributed by atoms with Gasteiger partial charge in [-0.15, -0.1) is 0 Å². The summed E-state index contributed by atoms with van der Waals surface area (Å²) in [6, 6.07) is 14.3. The Bertz CT molecular complexity index is 1280.